The number of nitrogens with one attached hydrogen (secondary N) is 2. The Bertz CT molecular complexity index is 1380. The lowest BCUT2D eigenvalue weighted by Gasteiger charge is -2.28. The van der Waals surface area contributed by atoms with Crippen molar-refractivity contribution < 1.29 is 14.3 Å². The molecule has 0 radical (unpaired) electrons. The maximum absolute atomic E-state index is 12.9. The molecule has 0 fully saturated rings. The number of urea groups is 1. The summed E-state index contributed by atoms with van der Waals surface area (Å²) in [7, 11) is 2.82. The summed E-state index contributed by atoms with van der Waals surface area (Å²) in [4.78, 5) is 55.3. The van der Waals surface area contributed by atoms with E-state index in [1.165, 1.54) is 34.6 Å². The average Bonchev–Trinajstić information content (AvgIpc) is 3.39. The van der Waals surface area contributed by atoms with Gasteiger partial charge in [-0.2, -0.15) is 4.98 Å². The predicted octanol–water partition coefficient (Wildman–Crippen LogP) is 1.02. The van der Waals surface area contributed by atoms with Gasteiger partial charge in [0, 0.05) is 19.0 Å². The zero-order valence-corrected chi connectivity index (χ0v) is 18.9. The molecule has 1 aliphatic rings. The molecule has 0 unspecified atom stereocenters. The molecule has 0 spiro atoms. The van der Waals surface area contributed by atoms with E-state index in [0.29, 0.717) is 0 Å². The van der Waals surface area contributed by atoms with Gasteiger partial charge >= 0.3 is 17.7 Å². The van der Waals surface area contributed by atoms with Crippen LogP contribution in [0.3, 0.4) is 0 Å². The molecule has 0 bridgehead atoms. The number of carbonyl (C=O) groups excluding carboxylic acids is 2. The molecule has 2 N–H and O–H groups in total. The van der Waals surface area contributed by atoms with E-state index in [1.54, 1.807) is 19.1 Å². The van der Waals surface area contributed by atoms with Gasteiger partial charge in [0.15, 0.2) is 11.2 Å². The van der Waals surface area contributed by atoms with Crippen molar-refractivity contribution >= 4 is 46.1 Å². The number of amides is 2. The second-order valence-electron chi connectivity index (χ2n) is 7.00. The molecule has 0 aromatic carbocycles. The average molecular weight is 479 g/mol. The number of aryl methyl sites for hydroxylation is 1. The second-order valence-corrected chi connectivity index (χ2v) is 8.32. The van der Waals surface area contributed by atoms with Crippen molar-refractivity contribution in [2.45, 2.75) is 19.5 Å². The molecule has 3 aromatic rings. The number of imidazole rings is 1. The number of rotatable bonds is 5. The number of allylic oxidation sites excluding steroid dienone is 1. The van der Waals surface area contributed by atoms with Crippen LogP contribution in [-0.4, -0.2) is 37.3 Å². The molecule has 13 heteroatoms. The fourth-order valence-corrected chi connectivity index (χ4v) is 4.59. The van der Waals surface area contributed by atoms with Crippen LogP contribution in [0.1, 0.15) is 17.8 Å². The summed E-state index contributed by atoms with van der Waals surface area (Å²) < 4.78 is 8.73. The number of halogens is 1. The van der Waals surface area contributed by atoms with E-state index >= 15 is 0 Å². The minimum absolute atomic E-state index is 0.0655. The highest BCUT2D eigenvalue weighted by atomic mass is 35.5. The van der Waals surface area contributed by atoms with E-state index in [9.17, 15) is 19.2 Å². The minimum Gasteiger partial charge on any atom is -0.463 e. The van der Waals surface area contributed by atoms with E-state index in [-0.39, 0.29) is 40.9 Å². The predicted molar refractivity (Wildman–Crippen MR) is 118 cm³/mol. The van der Waals surface area contributed by atoms with Crippen LogP contribution >= 0.6 is 22.9 Å². The lowest BCUT2D eigenvalue weighted by molar-refractivity contribution is -0.139. The summed E-state index contributed by atoms with van der Waals surface area (Å²) in [6.07, 6.45) is 0. The molecule has 32 heavy (non-hydrogen) atoms. The van der Waals surface area contributed by atoms with Crippen molar-refractivity contribution in [2.24, 2.45) is 14.1 Å². The number of nitrogens with zero attached hydrogens (tertiary/aromatic N) is 4. The number of esters is 1. The van der Waals surface area contributed by atoms with E-state index in [0.717, 1.165) is 9.44 Å². The monoisotopic (exact) mass is 478 g/mol. The topological polar surface area (TPSA) is 129 Å². The number of hydrogen-bond acceptors (Lipinski definition) is 7. The largest absolute Gasteiger partial charge is 0.463 e. The Labute approximate surface area is 189 Å². The molecule has 11 nitrogen and oxygen atoms in total. The van der Waals surface area contributed by atoms with E-state index < -0.39 is 29.3 Å². The van der Waals surface area contributed by atoms with Crippen molar-refractivity contribution in [3.63, 3.8) is 0 Å². The third-order valence-corrected chi connectivity index (χ3v) is 6.32. The Hall–Kier alpha value is -3.38. The number of aromatic nitrogens is 4. The Morgan fingerprint density at radius 3 is 2.69 bits per heavy atom. The molecule has 0 saturated heterocycles. The highest BCUT2D eigenvalue weighted by Crippen LogP contribution is 2.31. The third-order valence-electron chi connectivity index (χ3n) is 5.09. The summed E-state index contributed by atoms with van der Waals surface area (Å²) in [6.45, 7) is 1.67. The van der Waals surface area contributed by atoms with Gasteiger partial charge in [-0.15, -0.1) is 11.3 Å². The smallest absolute Gasteiger partial charge is 0.338 e. The Morgan fingerprint density at radius 1 is 1.28 bits per heavy atom. The summed E-state index contributed by atoms with van der Waals surface area (Å²) in [5, 5.41) is 7.13. The van der Waals surface area contributed by atoms with Gasteiger partial charge in [0.25, 0.3) is 5.56 Å². The molecule has 4 heterocycles. The van der Waals surface area contributed by atoms with Gasteiger partial charge in [-0.1, -0.05) is 6.07 Å². The quantitative estimate of drug-likeness (QED) is 0.416. The number of ether oxygens (including phenoxy) is 1. The first-order valence-electron chi connectivity index (χ1n) is 9.57. The Kier molecular flexibility index (Phi) is 5.65. The molecule has 4 rings (SSSR count). The van der Waals surface area contributed by atoms with Gasteiger partial charge in [0.05, 0.1) is 30.5 Å². The number of carbonyl (C=O) groups is 2. The van der Waals surface area contributed by atoms with Crippen LogP contribution in [0.25, 0.3) is 11.2 Å². The first-order chi connectivity index (χ1) is 15.2. The molecular formula is C19H19ClN6O5S. The van der Waals surface area contributed by atoms with Crippen LogP contribution in [-0.2, 0) is 30.2 Å². The fraction of sp³-hybridized carbons (Fsp3) is 0.316. The van der Waals surface area contributed by atoms with Crippen molar-refractivity contribution in [1.82, 2.24) is 29.3 Å². The molecule has 2 amide bonds. The van der Waals surface area contributed by atoms with Gasteiger partial charge in [-0.05, 0) is 30.0 Å². The zero-order chi connectivity index (χ0) is 23.2. The number of thiophene rings is 1. The Morgan fingerprint density at radius 2 is 2.03 bits per heavy atom. The number of hydrogen-bond donors (Lipinski definition) is 2. The van der Waals surface area contributed by atoms with Crippen molar-refractivity contribution in [2.75, 3.05) is 6.61 Å². The second kappa shape index (κ2) is 8.28. The SMILES string of the molecule is CCOC(=O)C1=C(Cn2c(Cl)nc3c2c(=O)n(C)c(=O)n3C)NC(=O)N[C@H]1c1cccs1. The van der Waals surface area contributed by atoms with Gasteiger partial charge in [-0.3, -0.25) is 13.9 Å². The zero-order valence-electron chi connectivity index (χ0n) is 17.3. The van der Waals surface area contributed by atoms with Crippen LogP contribution in [0.4, 0.5) is 4.79 Å². The highest BCUT2D eigenvalue weighted by Gasteiger charge is 2.35. The maximum atomic E-state index is 12.9. The lowest BCUT2D eigenvalue weighted by atomic mass is 10.0. The van der Waals surface area contributed by atoms with Crippen LogP contribution in [0, 0.1) is 0 Å². The van der Waals surface area contributed by atoms with Crippen LogP contribution in [0.2, 0.25) is 5.28 Å². The lowest BCUT2D eigenvalue weighted by Crippen LogP contribution is -2.46. The molecular weight excluding hydrogens is 460 g/mol. The third kappa shape index (κ3) is 3.50. The number of fused-ring (bicyclic) bond motifs is 1. The summed E-state index contributed by atoms with van der Waals surface area (Å²) in [5.41, 5.74) is -0.595. The van der Waals surface area contributed by atoms with Crippen LogP contribution in [0.15, 0.2) is 38.4 Å². The molecule has 0 saturated carbocycles. The van der Waals surface area contributed by atoms with Crippen LogP contribution < -0.4 is 21.9 Å². The van der Waals surface area contributed by atoms with Gasteiger partial charge in [0.1, 0.15) is 0 Å². The van der Waals surface area contributed by atoms with Gasteiger partial charge in [0.2, 0.25) is 5.28 Å². The minimum atomic E-state index is -0.737. The first kappa shape index (κ1) is 21.8. The van der Waals surface area contributed by atoms with Gasteiger partial charge in [-0.25, -0.2) is 14.4 Å². The van der Waals surface area contributed by atoms with Crippen LogP contribution in [0.5, 0.6) is 0 Å². The molecule has 3 aromatic heterocycles. The van der Waals surface area contributed by atoms with Crippen molar-refractivity contribution in [3.05, 3.63) is 59.8 Å². The molecule has 1 aliphatic heterocycles. The van der Waals surface area contributed by atoms with Crippen molar-refractivity contribution in [3.8, 4) is 0 Å². The van der Waals surface area contributed by atoms with E-state index in [4.69, 9.17) is 16.3 Å². The molecule has 0 aliphatic carbocycles. The summed E-state index contributed by atoms with van der Waals surface area (Å²) >= 11 is 7.69. The van der Waals surface area contributed by atoms with E-state index in [2.05, 4.69) is 15.6 Å². The molecule has 1 atom stereocenters. The van der Waals surface area contributed by atoms with Crippen molar-refractivity contribution in [1.29, 1.82) is 0 Å². The van der Waals surface area contributed by atoms with Gasteiger partial charge < -0.3 is 19.9 Å². The standard InChI is InChI=1S/C19H19ClN6O5S/c1-4-31-16(28)11-9(21-18(29)22-12(11)10-6-5-7-32-10)8-26-13-14(23-17(26)20)24(2)19(30)25(3)15(13)27/h5-7,12H,4,8H2,1-3H3,(H2,21,22,29)/t12-/m0/s1. The van der Waals surface area contributed by atoms with E-state index in [1.807, 2.05) is 5.38 Å². The first-order valence-corrected chi connectivity index (χ1v) is 10.8. The maximum Gasteiger partial charge on any atom is 0.338 e. The summed E-state index contributed by atoms with van der Waals surface area (Å²) in [5.74, 6) is -0.616. The molecule has 168 valence electrons. The Balaban J connectivity index is 1.93. The fourth-order valence-electron chi connectivity index (χ4n) is 3.58. The highest BCUT2D eigenvalue weighted by molar-refractivity contribution is 7.10. The normalized spacial score (nSPS) is 16.2. The summed E-state index contributed by atoms with van der Waals surface area (Å²) in [6, 6.07) is 2.34.